The van der Waals surface area contributed by atoms with Crippen LogP contribution in [0.2, 0.25) is 0 Å². The highest BCUT2D eigenvalue weighted by Crippen LogP contribution is 2.38. The fraction of sp³-hybridized carbons (Fsp3) is 0.333. The number of anilines is 1. The van der Waals surface area contributed by atoms with Gasteiger partial charge in [0.15, 0.2) is 5.82 Å². The number of rotatable bonds is 4. The molecule has 2 bridgehead atoms. The zero-order chi connectivity index (χ0) is 23.9. The van der Waals surface area contributed by atoms with E-state index in [1.807, 2.05) is 0 Å². The molecule has 1 saturated carbocycles. The first-order chi connectivity index (χ1) is 16.3. The topological polar surface area (TPSA) is 71.0 Å². The molecular formula is C24H21F4N5O. The van der Waals surface area contributed by atoms with Crippen LogP contribution in [0.5, 0.6) is 0 Å². The lowest BCUT2D eigenvalue weighted by molar-refractivity contribution is -0.137. The second kappa shape index (κ2) is 8.66. The minimum absolute atomic E-state index is 0.155. The van der Waals surface area contributed by atoms with E-state index in [1.54, 1.807) is 11.0 Å². The van der Waals surface area contributed by atoms with Crippen LogP contribution in [-0.2, 0) is 6.18 Å². The van der Waals surface area contributed by atoms with E-state index in [4.69, 9.17) is 0 Å². The second-order valence-corrected chi connectivity index (χ2v) is 8.65. The molecule has 176 valence electrons. The van der Waals surface area contributed by atoms with Crippen LogP contribution in [0.4, 0.5) is 23.4 Å². The number of alkyl halides is 3. The van der Waals surface area contributed by atoms with E-state index < -0.39 is 17.6 Å². The molecular weight excluding hydrogens is 450 g/mol. The highest BCUT2D eigenvalue weighted by molar-refractivity contribution is 6.00. The summed E-state index contributed by atoms with van der Waals surface area (Å²) in [4.78, 5) is 27.7. The van der Waals surface area contributed by atoms with Crippen molar-refractivity contribution >= 4 is 11.7 Å². The lowest BCUT2D eigenvalue weighted by atomic mass is 9.76. The number of carbonyl (C=O) groups is 1. The Morgan fingerprint density at radius 1 is 1.06 bits per heavy atom. The first-order valence-corrected chi connectivity index (χ1v) is 11.0. The van der Waals surface area contributed by atoms with Gasteiger partial charge < -0.3 is 10.2 Å². The van der Waals surface area contributed by atoms with E-state index in [1.165, 1.54) is 36.7 Å². The normalized spacial score (nSPS) is 22.0. The van der Waals surface area contributed by atoms with Gasteiger partial charge in [-0.3, -0.25) is 4.79 Å². The Bertz CT molecular complexity index is 1190. The predicted octanol–water partition coefficient (Wildman–Crippen LogP) is 4.80. The molecule has 3 atom stereocenters. The van der Waals surface area contributed by atoms with Crippen LogP contribution in [0, 0.1) is 11.7 Å². The Morgan fingerprint density at radius 3 is 2.53 bits per heavy atom. The van der Waals surface area contributed by atoms with Gasteiger partial charge in [0.1, 0.15) is 11.6 Å². The molecule has 1 aromatic carbocycles. The van der Waals surface area contributed by atoms with Crippen LogP contribution < -0.4 is 5.32 Å². The van der Waals surface area contributed by atoms with Gasteiger partial charge in [0.05, 0.1) is 17.2 Å². The van der Waals surface area contributed by atoms with Crippen molar-refractivity contribution in [3.8, 4) is 11.4 Å². The van der Waals surface area contributed by atoms with Gasteiger partial charge in [-0.25, -0.2) is 19.3 Å². The number of benzene rings is 1. The van der Waals surface area contributed by atoms with E-state index >= 15 is 0 Å². The number of hydrogen-bond donors (Lipinski definition) is 1. The molecule has 4 heterocycles. The number of amides is 1. The SMILES string of the molecule is O=C(c1ccc(F)cc1-c1ncccn1)N1C[C@H]2CC[C@H]1[C@H](Nc1ccc(C(F)(F)F)cn1)C2. The summed E-state index contributed by atoms with van der Waals surface area (Å²) in [5.74, 6) is 0.100. The van der Waals surface area contributed by atoms with E-state index in [9.17, 15) is 22.4 Å². The molecule has 0 unspecified atom stereocenters. The van der Waals surface area contributed by atoms with Crippen molar-refractivity contribution in [3.05, 3.63) is 71.9 Å². The molecule has 6 rings (SSSR count). The standard InChI is InChI=1S/C24H21F4N5O/c25-16-4-5-17(18(11-16)22-29-8-1-9-30-22)23(34)33-13-14-2-6-20(33)19(10-14)32-21-7-3-15(12-31-21)24(26,27)28/h1,3-5,7-9,11-12,14,19-20H,2,6,10,13H2,(H,31,32)/t14-,19+,20-/m0/s1. The smallest absolute Gasteiger partial charge is 0.365 e. The third kappa shape index (κ3) is 4.32. The van der Waals surface area contributed by atoms with Crippen molar-refractivity contribution in [1.82, 2.24) is 19.9 Å². The van der Waals surface area contributed by atoms with Crippen molar-refractivity contribution in [2.75, 3.05) is 11.9 Å². The van der Waals surface area contributed by atoms with Gasteiger partial charge >= 0.3 is 6.18 Å². The molecule has 2 saturated heterocycles. The maximum Gasteiger partial charge on any atom is 0.417 e. The Balaban J connectivity index is 1.40. The number of piperidine rings is 2. The molecule has 1 N–H and O–H groups in total. The summed E-state index contributed by atoms with van der Waals surface area (Å²) in [5.41, 5.74) is -0.181. The zero-order valence-corrected chi connectivity index (χ0v) is 18.0. The molecule has 3 aliphatic rings. The molecule has 6 nitrogen and oxygen atoms in total. The Kier molecular flexibility index (Phi) is 5.66. The van der Waals surface area contributed by atoms with E-state index in [0.29, 0.717) is 23.5 Å². The van der Waals surface area contributed by atoms with Crippen molar-refractivity contribution < 1.29 is 22.4 Å². The summed E-state index contributed by atoms with van der Waals surface area (Å²) in [7, 11) is 0. The van der Waals surface area contributed by atoms with Crippen molar-refractivity contribution in [3.63, 3.8) is 0 Å². The summed E-state index contributed by atoms with van der Waals surface area (Å²) in [6, 6.07) is 7.56. The van der Waals surface area contributed by atoms with Gasteiger partial charge in [-0.2, -0.15) is 13.2 Å². The minimum atomic E-state index is -4.45. The molecule has 10 heteroatoms. The van der Waals surface area contributed by atoms with Gasteiger partial charge in [0.25, 0.3) is 5.91 Å². The molecule has 1 amide bonds. The van der Waals surface area contributed by atoms with Crippen LogP contribution in [0.15, 0.2) is 55.0 Å². The van der Waals surface area contributed by atoms with Crippen LogP contribution in [0.25, 0.3) is 11.4 Å². The van der Waals surface area contributed by atoms with E-state index in [-0.39, 0.29) is 29.7 Å². The number of aromatic nitrogens is 3. The van der Waals surface area contributed by atoms with Crippen molar-refractivity contribution in [1.29, 1.82) is 0 Å². The summed E-state index contributed by atoms with van der Waals surface area (Å²) >= 11 is 0. The molecule has 3 fully saturated rings. The fourth-order valence-electron chi connectivity index (χ4n) is 4.90. The fourth-order valence-corrected chi connectivity index (χ4v) is 4.90. The summed E-state index contributed by atoms with van der Waals surface area (Å²) < 4.78 is 52.6. The van der Waals surface area contributed by atoms with Crippen molar-refractivity contribution in [2.24, 2.45) is 5.92 Å². The maximum absolute atomic E-state index is 14.0. The Hall–Kier alpha value is -3.56. The van der Waals surface area contributed by atoms with Crippen LogP contribution >= 0.6 is 0 Å². The summed E-state index contributed by atoms with van der Waals surface area (Å²) in [6.45, 7) is 0.564. The van der Waals surface area contributed by atoms with Gasteiger partial charge in [-0.1, -0.05) is 0 Å². The quantitative estimate of drug-likeness (QED) is 0.554. The van der Waals surface area contributed by atoms with E-state index in [0.717, 1.165) is 31.5 Å². The van der Waals surface area contributed by atoms with Gasteiger partial charge in [0, 0.05) is 36.7 Å². The molecule has 2 aromatic heterocycles. The molecule has 0 radical (unpaired) electrons. The van der Waals surface area contributed by atoms with Gasteiger partial charge in [-0.05, 0) is 61.6 Å². The molecule has 34 heavy (non-hydrogen) atoms. The predicted molar refractivity (Wildman–Crippen MR) is 116 cm³/mol. The number of fused-ring (bicyclic) bond motifs is 3. The Labute approximate surface area is 193 Å². The number of carbonyl (C=O) groups excluding carboxylic acids is 1. The second-order valence-electron chi connectivity index (χ2n) is 8.65. The zero-order valence-electron chi connectivity index (χ0n) is 18.0. The first-order valence-electron chi connectivity index (χ1n) is 11.0. The van der Waals surface area contributed by atoms with Crippen LogP contribution in [0.3, 0.4) is 0 Å². The Morgan fingerprint density at radius 2 is 1.85 bits per heavy atom. The van der Waals surface area contributed by atoms with Gasteiger partial charge in [-0.15, -0.1) is 0 Å². The largest absolute Gasteiger partial charge is 0.417 e. The number of halogens is 4. The minimum Gasteiger partial charge on any atom is -0.365 e. The summed E-state index contributed by atoms with van der Waals surface area (Å²) in [5, 5.41) is 3.23. The number of nitrogens with one attached hydrogen (secondary N) is 1. The maximum atomic E-state index is 14.0. The first kappa shape index (κ1) is 22.2. The molecule has 3 aromatic rings. The highest BCUT2D eigenvalue weighted by atomic mass is 19.4. The molecule has 0 spiro atoms. The van der Waals surface area contributed by atoms with E-state index in [2.05, 4.69) is 20.3 Å². The third-order valence-electron chi connectivity index (χ3n) is 6.48. The van der Waals surface area contributed by atoms with Crippen LogP contribution in [0.1, 0.15) is 35.2 Å². The number of nitrogens with zero attached hydrogens (tertiary/aromatic N) is 4. The van der Waals surface area contributed by atoms with Crippen molar-refractivity contribution in [2.45, 2.75) is 37.5 Å². The lowest BCUT2D eigenvalue weighted by Gasteiger charge is -2.50. The molecule has 1 aliphatic carbocycles. The number of pyridine rings is 1. The molecule has 2 aliphatic heterocycles. The highest BCUT2D eigenvalue weighted by Gasteiger charge is 2.43. The average molecular weight is 471 g/mol. The average Bonchev–Trinajstić information content (AvgIpc) is 2.84. The third-order valence-corrected chi connectivity index (χ3v) is 6.48. The van der Waals surface area contributed by atoms with Gasteiger partial charge in [0.2, 0.25) is 0 Å². The lowest BCUT2D eigenvalue weighted by Crippen LogP contribution is -2.59. The monoisotopic (exact) mass is 471 g/mol. The summed E-state index contributed by atoms with van der Waals surface area (Å²) in [6.07, 6.45) is 1.92. The van der Waals surface area contributed by atoms with Crippen LogP contribution in [-0.4, -0.2) is 44.4 Å². The number of hydrogen-bond acceptors (Lipinski definition) is 5.